The number of carbonyl (C=O) groups is 1. The Hall–Kier alpha value is -2.02. The second-order valence-corrected chi connectivity index (χ2v) is 4.71. The average Bonchev–Trinajstić information content (AvgIpc) is 2.30. The number of hydrogen-bond donors (Lipinski definition) is 2. The number of rotatable bonds is 4. The second kappa shape index (κ2) is 4.93. The normalized spacial score (nSPS) is 16.5. The number of nitrogens with zero attached hydrogens (tertiary/aromatic N) is 1. The van der Waals surface area contributed by atoms with Gasteiger partial charge in [0.1, 0.15) is 11.5 Å². The molecule has 1 aliphatic rings. The van der Waals surface area contributed by atoms with Crippen molar-refractivity contribution in [1.82, 2.24) is 0 Å². The summed E-state index contributed by atoms with van der Waals surface area (Å²) in [6, 6.07) is 3.04. The molecule has 0 aliphatic heterocycles. The van der Waals surface area contributed by atoms with E-state index in [1.165, 1.54) is 6.07 Å². The first-order chi connectivity index (χ1) is 8.98. The van der Waals surface area contributed by atoms with Crippen LogP contribution in [-0.2, 0) is 4.79 Å². The molecule has 6 nitrogen and oxygen atoms in total. The van der Waals surface area contributed by atoms with Crippen molar-refractivity contribution in [1.29, 1.82) is 0 Å². The van der Waals surface area contributed by atoms with E-state index in [0.29, 0.717) is 12.8 Å². The van der Waals surface area contributed by atoms with Gasteiger partial charge in [0.2, 0.25) is 5.91 Å². The lowest BCUT2D eigenvalue weighted by Crippen LogP contribution is -2.47. The molecule has 1 aromatic rings. The van der Waals surface area contributed by atoms with Gasteiger partial charge in [0.15, 0.2) is 0 Å². The largest absolute Gasteiger partial charge is 0.329 e. The van der Waals surface area contributed by atoms with Gasteiger partial charge in [-0.25, -0.2) is 4.39 Å². The molecule has 0 heterocycles. The Labute approximate surface area is 108 Å². The first kappa shape index (κ1) is 13.4. The van der Waals surface area contributed by atoms with Crippen LogP contribution in [0.15, 0.2) is 18.2 Å². The van der Waals surface area contributed by atoms with Gasteiger partial charge < -0.3 is 11.1 Å². The lowest BCUT2D eigenvalue weighted by Gasteiger charge is -2.38. The summed E-state index contributed by atoms with van der Waals surface area (Å²) in [5.41, 5.74) is 4.49. The third-order valence-electron chi connectivity index (χ3n) is 3.59. The van der Waals surface area contributed by atoms with Gasteiger partial charge in [-0.1, -0.05) is 6.42 Å². The SMILES string of the molecule is NCC1(C(=O)Nc2ccc(F)cc2[N+](=O)[O-])CCC1. The van der Waals surface area contributed by atoms with Crippen molar-refractivity contribution < 1.29 is 14.1 Å². The number of amides is 1. The fourth-order valence-electron chi connectivity index (χ4n) is 2.14. The van der Waals surface area contributed by atoms with Crippen LogP contribution in [0.5, 0.6) is 0 Å². The number of hydrogen-bond acceptors (Lipinski definition) is 4. The first-order valence-electron chi connectivity index (χ1n) is 5.94. The zero-order valence-electron chi connectivity index (χ0n) is 10.2. The van der Waals surface area contributed by atoms with Crippen LogP contribution in [0.2, 0.25) is 0 Å². The Morgan fingerprint density at radius 3 is 2.68 bits per heavy atom. The number of nitrogens with one attached hydrogen (secondary N) is 1. The van der Waals surface area contributed by atoms with Gasteiger partial charge in [-0.2, -0.15) is 0 Å². The van der Waals surface area contributed by atoms with Crippen molar-refractivity contribution in [3.63, 3.8) is 0 Å². The van der Waals surface area contributed by atoms with E-state index in [2.05, 4.69) is 5.32 Å². The van der Waals surface area contributed by atoms with Crippen LogP contribution in [0.25, 0.3) is 0 Å². The summed E-state index contributed by atoms with van der Waals surface area (Å²) in [5.74, 6) is -1.06. The molecule has 102 valence electrons. The van der Waals surface area contributed by atoms with E-state index in [-0.39, 0.29) is 18.1 Å². The summed E-state index contributed by atoms with van der Waals surface area (Å²) in [6.45, 7) is 0.202. The number of nitro benzene ring substituents is 1. The van der Waals surface area contributed by atoms with Crippen LogP contribution in [-0.4, -0.2) is 17.4 Å². The standard InChI is InChI=1S/C12H14FN3O3/c13-8-2-3-9(10(6-8)16(18)19)15-11(17)12(7-14)4-1-5-12/h2-3,6H,1,4-5,7,14H2,(H,15,17). The lowest BCUT2D eigenvalue weighted by molar-refractivity contribution is -0.384. The quantitative estimate of drug-likeness (QED) is 0.642. The third-order valence-corrected chi connectivity index (χ3v) is 3.59. The molecule has 1 aliphatic carbocycles. The van der Waals surface area contributed by atoms with Crippen LogP contribution in [0.4, 0.5) is 15.8 Å². The smallest absolute Gasteiger partial charge is 0.295 e. The number of anilines is 1. The molecular formula is C12H14FN3O3. The van der Waals surface area contributed by atoms with Crippen LogP contribution < -0.4 is 11.1 Å². The average molecular weight is 267 g/mol. The van der Waals surface area contributed by atoms with Crippen molar-refractivity contribution in [3.8, 4) is 0 Å². The van der Waals surface area contributed by atoms with E-state index in [0.717, 1.165) is 18.6 Å². The summed E-state index contributed by atoms with van der Waals surface area (Å²) >= 11 is 0. The summed E-state index contributed by atoms with van der Waals surface area (Å²) in [7, 11) is 0. The predicted molar refractivity (Wildman–Crippen MR) is 67.0 cm³/mol. The zero-order valence-corrected chi connectivity index (χ0v) is 10.2. The molecule has 3 N–H and O–H groups in total. The molecule has 1 aromatic carbocycles. The summed E-state index contributed by atoms with van der Waals surface area (Å²) in [5, 5.41) is 13.3. The molecule has 1 saturated carbocycles. The molecule has 1 amide bonds. The highest BCUT2D eigenvalue weighted by molar-refractivity contribution is 5.97. The van der Waals surface area contributed by atoms with Gasteiger partial charge >= 0.3 is 0 Å². The van der Waals surface area contributed by atoms with Crippen LogP contribution in [0.1, 0.15) is 19.3 Å². The number of benzene rings is 1. The van der Waals surface area contributed by atoms with Gasteiger partial charge in [0, 0.05) is 6.54 Å². The Kier molecular flexibility index (Phi) is 3.48. The van der Waals surface area contributed by atoms with Crippen LogP contribution >= 0.6 is 0 Å². The molecule has 0 spiro atoms. The van der Waals surface area contributed by atoms with Gasteiger partial charge in [0.25, 0.3) is 5.69 Å². The Morgan fingerprint density at radius 2 is 2.21 bits per heavy atom. The van der Waals surface area contributed by atoms with Gasteiger partial charge in [-0.15, -0.1) is 0 Å². The molecule has 0 bridgehead atoms. The van der Waals surface area contributed by atoms with Gasteiger partial charge in [-0.3, -0.25) is 14.9 Å². The highest BCUT2D eigenvalue weighted by Gasteiger charge is 2.43. The molecule has 0 aromatic heterocycles. The third kappa shape index (κ3) is 2.41. The molecule has 0 saturated heterocycles. The Balaban J connectivity index is 2.24. The first-order valence-corrected chi connectivity index (χ1v) is 5.94. The topological polar surface area (TPSA) is 98.3 Å². The molecule has 0 radical (unpaired) electrons. The summed E-state index contributed by atoms with van der Waals surface area (Å²) in [4.78, 5) is 22.2. The minimum absolute atomic E-state index is 0.00359. The molecule has 7 heteroatoms. The van der Waals surface area contributed by atoms with E-state index in [1.807, 2.05) is 0 Å². The Bertz CT molecular complexity index is 523. The number of nitrogens with two attached hydrogens (primary N) is 1. The van der Waals surface area contributed by atoms with Crippen LogP contribution in [0.3, 0.4) is 0 Å². The van der Waals surface area contributed by atoms with E-state index in [1.54, 1.807) is 0 Å². The van der Waals surface area contributed by atoms with Crippen LogP contribution in [0, 0.1) is 21.3 Å². The summed E-state index contributed by atoms with van der Waals surface area (Å²) in [6.07, 6.45) is 2.25. The second-order valence-electron chi connectivity index (χ2n) is 4.71. The maximum atomic E-state index is 13.0. The van der Waals surface area contributed by atoms with Crippen molar-refractivity contribution in [2.75, 3.05) is 11.9 Å². The molecule has 1 fully saturated rings. The summed E-state index contributed by atoms with van der Waals surface area (Å²) < 4.78 is 13.0. The number of nitro groups is 1. The molecular weight excluding hydrogens is 253 g/mol. The van der Waals surface area contributed by atoms with Crippen molar-refractivity contribution in [2.24, 2.45) is 11.1 Å². The fraction of sp³-hybridized carbons (Fsp3) is 0.417. The highest BCUT2D eigenvalue weighted by Crippen LogP contribution is 2.41. The maximum absolute atomic E-state index is 13.0. The van der Waals surface area contributed by atoms with Crippen molar-refractivity contribution in [2.45, 2.75) is 19.3 Å². The molecule has 2 rings (SSSR count). The minimum Gasteiger partial charge on any atom is -0.329 e. The van der Waals surface area contributed by atoms with Gasteiger partial charge in [0.05, 0.1) is 16.4 Å². The molecule has 19 heavy (non-hydrogen) atoms. The molecule has 0 unspecified atom stereocenters. The fourth-order valence-corrected chi connectivity index (χ4v) is 2.14. The van der Waals surface area contributed by atoms with E-state index in [9.17, 15) is 19.3 Å². The zero-order chi connectivity index (χ0) is 14.0. The Morgan fingerprint density at radius 1 is 1.53 bits per heavy atom. The van der Waals surface area contributed by atoms with Crippen molar-refractivity contribution >= 4 is 17.3 Å². The predicted octanol–water partition coefficient (Wildman–Crippen LogP) is 1.80. The highest BCUT2D eigenvalue weighted by atomic mass is 19.1. The maximum Gasteiger partial charge on any atom is 0.295 e. The van der Waals surface area contributed by atoms with E-state index in [4.69, 9.17) is 5.73 Å². The minimum atomic E-state index is -0.728. The number of carbonyl (C=O) groups excluding carboxylic acids is 1. The van der Waals surface area contributed by atoms with Crippen molar-refractivity contribution in [3.05, 3.63) is 34.1 Å². The van der Waals surface area contributed by atoms with Gasteiger partial charge in [-0.05, 0) is 25.0 Å². The number of halogens is 1. The molecule has 0 atom stereocenters. The monoisotopic (exact) mass is 267 g/mol. The lowest BCUT2D eigenvalue weighted by atomic mass is 9.68. The van der Waals surface area contributed by atoms with E-state index >= 15 is 0 Å². The van der Waals surface area contributed by atoms with E-state index < -0.39 is 21.8 Å².